The molecule has 0 amide bonds. The molecule has 3 aromatic rings. The van der Waals surface area contributed by atoms with Crippen LogP contribution in [0.15, 0.2) is 58.4 Å². The molecule has 0 aliphatic heterocycles. The van der Waals surface area contributed by atoms with Gasteiger partial charge in [0.2, 0.25) is 0 Å². The van der Waals surface area contributed by atoms with E-state index in [0.717, 1.165) is 11.4 Å². The van der Waals surface area contributed by atoms with Gasteiger partial charge in [0.15, 0.2) is 16.6 Å². The van der Waals surface area contributed by atoms with E-state index in [4.69, 9.17) is 17.0 Å². The van der Waals surface area contributed by atoms with Crippen LogP contribution in [0.5, 0.6) is 11.5 Å². The third-order valence-corrected chi connectivity index (χ3v) is 4.57. The monoisotopic (exact) mass is 411 g/mol. The summed E-state index contributed by atoms with van der Waals surface area (Å²) >= 11 is 5.24. The lowest BCUT2D eigenvalue weighted by atomic mass is 10.2. The second-order valence-corrected chi connectivity index (χ2v) is 6.60. The van der Waals surface area contributed by atoms with E-state index >= 15 is 0 Å². The van der Waals surface area contributed by atoms with Gasteiger partial charge in [-0.2, -0.15) is 5.10 Å². The molecule has 0 saturated carbocycles. The summed E-state index contributed by atoms with van der Waals surface area (Å²) in [7, 11) is 3.28. The fraction of sp³-hybridized carbons (Fsp3) is 0.150. The second-order valence-electron chi connectivity index (χ2n) is 6.19. The fourth-order valence-electron chi connectivity index (χ4n) is 2.81. The van der Waals surface area contributed by atoms with Crippen LogP contribution in [0.4, 0.5) is 5.69 Å². The summed E-state index contributed by atoms with van der Waals surface area (Å²) in [5.41, 5.74) is 4.96. The molecule has 0 atom stereocenters. The van der Waals surface area contributed by atoms with Gasteiger partial charge in [0.25, 0.3) is 5.56 Å². The van der Waals surface area contributed by atoms with E-state index in [9.17, 15) is 9.90 Å². The van der Waals surface area contributed by atoms with Crippen LogP contribution >= 0.6 is 12.2 Å². The van der Waals surface area contributed by atoms with E-state index in [1.165, 1.54) is 19.4 Å². The smallest absolute Gasteiger partial charge is 0.295 e. The van der Waals surface area contributed by atoms with Crippen LogP contribution < -0.4 is 21.0 Å². The zero-order valence-electron chi connectivity index (χ0n) is 16.2. The number of ether oxygens (including phenoxy) is 1. The Morgan fingerprint density at radius 1 is 1.24 bits per heavy atom. The normalized spacial score (nSPS) is 10.9. The molecule has 1 heterocycles. The highest BCUT2D eigenvalue weighted by Gasteiger charge is 2.16. The molecular weight excluding hydrogens is 390 g/mol. The van der Waals surface area contributed by atoms with Crippen molar-refractivity contribution in [2.45, 2.75) is 6.92 Å². The number of para-hydroxylation sites is 1. The van der Waals surface area contributed by atoms with Crippen molar-refractivity contribution in [3.63, 3.8) is 0 Å². The van der Waals surface area contributed by atoms with Crippen LogP contribution in [0.2, 0.25) is 0 Å². The molecule has 3 N–H and O–H groups in total. The van der Waals surface area contributed by atoms with Gasteiger partial charge < -0.3 is 15.2 Å². The number of nitrogens with one attached hydrogen (secondary N) is 2. The zero-order valence-corrected chi connectivity index (χ0v) is 17.0. The number of phenols is 1. The maximum atomic E-state index is 12.9. The first-order chi connectivity index (χ1) is 13.9. The lowest BCUT2D eigenvalue weighted by Gasteiger charge is -2.07. The molecule has 0 aliphatic rings. The zero-order chi connectivity index (χ0) is 21.0. The summed E-state index contributed by atoms with van der Waals surface area (Å²) in [4.78, 5) is 12.9. The van der Waals surface area contributed by atoms with Gasteiger partial charge in [-0.25, -0.2) is 4.68 Å². The quantitative estimate of drug-likeness (QED) is 0.339. The Kier molecular flexibility index (Phi) is 5.99. The Morgan fingerprint density at radius 3 is 2.62 bits per heavy atom. The van der Waals surface area contributed by atoms with Gasteiger partial charge >= 0.3 is 0 Å². The Morgan fingerprint density at radius 2 is 1.97 bits per heavy atom. The first-order valence-electron chi connectivity index (χ1n) is 8.73. The number of anilines is 1. The number of rotatable bonds is 5. The molecule has 150 valence electrons. The number of nitrogens with zero attached hydrogens (tertiary/aromatic N) is 3. The number of aromatic hydroxyl groups is 1. The van der Waals surface area contributed by atoms with Crippen LogP contribution in [0.25, 0.3) is 5.69 Å². The molecule has 0 aliphatic carbocycles. The average molecular weight is 411 g/mol. The number of hydrogen-bond acceptors (Lipinski definition) is 5. The number of methoxy groups -OCH3 is 1. The number of phenolic OH excluding ortho intramolecular Hbond substituents is 1. The predicted molar refractivity (Wildman–Crippen MR) is 117 cm³/mol. The molecule has 0 bridgehead atoms. The number of hydrazone groups is 1. The lowest BCUT2D eigenvalue weighted by Crippen LogP contribution is -2.28. The van der Waals surface area contributed by atoms with E-state index in [1.54, 1.807) is 28.5 Å². The van der Waals surface area contributed by atoms with Crippen molar-refractivity contribution in [3.8, 4) is 17.2 Å². The Labute approximate surface area is 173 Å². The van der Waals surface area contributed by atoms with E-state index < -0.39 is 0 Å². The first-order valence-corrected chi connectivity index (χ1v) is 9.14. The van der Waals surface area contributed by atoms with E-state index in [0.29, 0.717) is 17.0 Å². The van der Waals surface area contributed by atoms with Crippen LogP contribution in [0.3, 0.4) is 0 Å². The minimum atomic E-state index is -0.218. The van der Waals surface area contributed by atoms with Gasteiger partial charge in [0.1, 0.15) is 5.69 Å². The molecule has 0 spiro atoms. The van der Waals surface area contributed by atoms with E-state index in [1.807, 2.05) is 37.3 Å². The van der Waals surface area contributed by atoms with E-state index in [2.05, 4.69) is 15.8 Å². The predicted octanol–water partition coefficient (Wildman–Crippen LogP) is 2.52. The summed E-state index contributed by atoms with van der Waals surface area (Å²) in [5.74, 6) is 0.389. The summed E-state index contributed by atoms with van der Waals surface area (Å²) in [6.45, 7) is 1.83. The Hall–Kier alpha value is -3.59. The molecule has 8 nitrogen and oxygen atoms in total. The third kappa shape index (κ3) is 4.30. The molecule has 0 fully saturated rings. The van der Waals surface area contributed by atoms with Gasteiger partial charge in [0, 0.05) is 7.05 Å². The third-order valence-electron chi connectivity index (χ3n) is 4.38. The van der Waals surface area contributed by atoms with Crippen LogP contribution in [0.1, 0.15) is 11.3 Å². The molecule has 1 aromatic heterocycles. The largest absolute Gasteiger partial charge is 0.504 e. The van der Waals surface area contributed by atoms with Gasteiger partial charge in [-0.1, -0.05) is 18.2 Å². The van der Waals surface area contributed by atoms with Crippen molar-refractivity contribution in [2.24, 2.45) is 12.1 Å². The number of aromatic nitrogens is 2. The highest BCUT2D eigenvalue weighted by atomic mass is 32.1. The van der Waals surface area contributed by atoms with Crippen molar-refractivity contribution in [1.82, 2.24) is 14.8 Å². The summed E-state index contributed by atoms with van der Waals surface area (Å²) < 4.78 is 8.32. The van der Waals surface area contributed by atoms with Crippen molar-refractivity contribution >= 4 is 29.2 Å². The van der Waals surface area contributed by atoms with Gasteiger partial charge in [0.05, 0.1) is 24.7 Å². The Bertz CT molecular complexity index is 1120. The lowest BCUT2D eigenvalue weighted by molar-refractivity contribution is 0.373. The molecule has 0 unspecified atom stereocenters. The van der Waals surface area contributed by atoms with Crippen LogP contribution in [-0.4, -0.2) is 32.9 Å². The number of thiocarbonyl (C=S) groups is 1. The van der Waals surface area contributed by atoms with Gasteiger partial charge in [-0.05, 0) is 55.0 Å². The number of hydrogen-bond donors (Lipinski definition) is 3. The number of benzene rings is 2. The fourth-order valence-corrected chi connectivity index (χ4v) is 2.96. The van der Waals surface area contributed by atoms with Gasteiger partial charge in [-0.15, -0.1) is 0 Å². The molecule has 3 rings (SSSR count). The highest BCUT2D eigenvalue weighted by Crippen LogP contribution is 2.25. The topological polar surface area (TPSA) is 92.8 Å². The summed E-state index contributed by atoms with van der Waals surface area (Å²) in [6, 6.07) is 14.2. The maximum absolute atomic E-state index is 12.9. The minimum absolute atomic E-state index is 0.0125. The maximum Gasteiger partial charge on any atom is 0.295 e. The van der Waals surface area contributed by atoms with Crippen molar-refractivity contribution < 1.29 is 9.84 Å². The van der Waals surface area contributed by atoms with Crippen molar-refractivity contribution in [3.05, 3.63) is 70.1 Å². The van der Waals surface area contributed by atoms with Gasteiger partial charge in [-0.3, -0.25) is 14.9 Å². The van der Waals surface area contributed by atoms with Crippen molar-refractivity contribution in [1.29, 1.82) is 0 Å². The van der Waals surface area contributed by atoms with Crippen LogP contribution in [-0.2, 0) is 7.05 Å². The molecule has 0 radical (unpaired) electrons. The minimum Gasteiger partial charge on any atom is -0.504 e. The highest BCUT2D eigenvalue weighted by molar-refractivity contribution is 7.80. The molecule has 9 heteroatoms. The molecule has 0 saturated heterocycles. The summed E-state index contributed by atoms with van der Waals surface area (Å²) in [5, 5.41) is 16.9. The molecule has 2 aromatic carbocycles. The van der Waals surface area contributed by atoms with E-state index in [-0.39, 0.29) is 16.4 Å². The first kappa shape index (κ1) is 20.2. The SMILES string of the molecule is COc1ccc(/C=N\NC(=S)Nc2c(C)n(C)n(-c3ccccc3)c2=O)cc1O. The molecular formula is C20H21N5O3S. The summed E-state index contributed by atoms with van der Waals surface area (Å²) in [6.07, 6.45) is 1.49. The second kappa shape index (κ2) is 8.61. The average Bonchev–Trinajstić information content (AvgIpc) is 2.92. The standard InChI is InChI=1S/C20H21N5O3S/c1-13-18(19(27)25(24(13)2)15-7-5-4-6-8-15)22-20(29)23-21-12-14-9-10-17(28-3)16(26)11-14/h4-12,26H,1-3H3,(H2,22,23,29)/b21-12-. The Balaban J connectivity index is 1.73. The molecule has 29 heavy (non-hydrogen) atoms. The van der Waals surface area contributed by atoms with Crippen molar-refractivity contribution in [2.75, 3.05) is 12.4 Å². The van der Waals surface area contributed by atoms with Crippen LogP contribution in [0, 0.1) is 6.92 Å².